The Balaban J connectivity index is 0.00000464. The van der Waals surface area contributed by atoms with E-state index in [-0.39, 0.29) is 35.6 Å². The molecule has 4 heterocycles. The van der Waals surface area contributed by atoms with Gasteiger partial charge in [-0.3, -0.25) is 14.5 Å². The minimum Gasteiger partial charge on any atom is -1.00 e. The minimum atomic E-state index is -0.831. The predicted octanol–water partition coefficient (Wildman–Crippen LogP) is 3.18. The van der Waals surface area contributed by atoms with E-state index in [4.69, 9.17) is 14.2 Å². The molecule has 1 amide bonds. The molecule has 0 aliphatic carbocycles. The zero-order valence-corrected chi connectivity index (χ0v) is 30.2. The summed E-state index contributed by atoms with van der Waals surface area (Å²) in [6.07, 6.45) is 1.44. The fraction of sp³-hybridized carbons (Fsp3) is 0.300. The average Bonchev–Trinajstić information content (AvgIpc) is 3.15. The number of halogens is 3. The van der Waals surface area contributed by atoms with Gasteiger partial charge in [-0.25, -0.2) is 8.78 Å². The van der Waals surface area contributed by atoms with Crippen LogP contribution in [0, 0.1) is 11.6 Å². The van der Waals surface area contributed by atoms with E-state index in [2.05, 4.69) is 29.2 Å². The Kier molecular flexibility index (Phi) is 10.9. The minimum absolute atomic E-state index is 0. The molecular weight excluding hydrogens is 690 g/mol. The van der Waals surface area contributed by atoms with E-state index in [1.807, 2.05) is 0 Å². The second-order valence-corrected chi connectivity index (χ2v) is 13.3. The van der Waals surface area contributed by atoms with Crippen molar-refractivity contribution >= 4 is 22.5 Å². The quantitative estimate of drug-likeness (QED) is 0.195. The highest BCUT2D eigenvalue weighted by Crippen LogP contribution is 2.30. The van der Waals surface area contributed by atoms with Crippen LogP contribution in [0.2, 0.25) is 0 Å². The normalized spacial score (nSPS) is 17.8. The summed E-state index contributed by atoms with van der Waals surface area (Å²) in [6, 6.07) is 21.8. The Morgan fingerprint density at radius 3 is 2.02 bits per heavy atom. The molecule has 0 spiro atoms. The van der Waals surface area contributed by atoms with Crippen LogP contribution < -0.4 is 36.9 Å². The highest BCUT2D eigenvalue weighted by molar-refractivity contribution is 6.07. The summed E-state index contributed by atoms with van der Waals surface area (Å²) in [5, 5.41) is 0.256. The van der Waals surface area contributed by atoms with Gasteiger partial charge in [0.2, 0.25) is 5.43 Å². The van der Waals surface area contributed by atoms with Crippen LogP contribution in [0.1, 0.15) is 28.4 Å². The first-order valence-corrected chi connectivity index (χ1v) is 17.2. The maximum atomic E-state index is 14.2. The smallest absolute Gasteiger partial charge is 0.263 e. The fourth-order valence-electron chi connectivity index (χ4n) is 7.24. The molecule has 2 bridgehead atoms. The van der Waals surface area contributed by atoms with Gasteiger partial charge in [0.15, 0.2) is 0 Å². The van der Waals surface area contributed by atoms with Crippen LogP contribution in [0.3, 0.4) is 0 Å². The fourth-order valence-corrected chi connectivity index (χ4v) is 7.24. The molecule has 12 heteroatoms. The van der Waals surface area contributed by atoms with E-state index in [0.717, 1.165) is 34.8 Å². The third-order valence-electron chi connectivity index (χ3n) is 10.2. The molecule has 0 N–H and O–H groups in total. The van der Waals surface area contributed by atoms with Gasteiger partial charge < -0.3 is 40.6 Å². The second kappa shape index (κ2) is 15.3. The van der Waals surface area contributed by atoms with Gasteiger partial charge in [0.05, 0.1) is 45.1 Å². The Morgan fingerprint density at radius 2 is 1.42 bits per heavy atom. The van der Waals surface area contributed by atoms with Crippen LogP contribution in [-0.4, -0.2) is 79.9 Å². The number of carbonyl (C=O) groups is 1. The molecule has 0 atom stereocenters. The van der Waals surface area contributed by atoms with Crippen molar-refractivity contribution < 1.29 is 44.7 Å². The second-order valence-electron chi connectivity index (χ2n) is 13.3. The summed E-state index contributed by atoms with van der Waals surface area (Å²) in [6.45, 7) is 10.3. The first kappa shape index (κ1) is 36.8. The van der Waals surface area contributed by atoms with Gasteiger partial charge in [-0.05, 0) is 36.8 Å². The number of amides is 1. The van der Waals surface area contributed by atoms with Crippen LogP contribution in [0.4, 0.5) is 14.5 Å². The number of piperazine rings is 3. The zero-order chi connectivity index (χ0) is 35.7. The highest BCUT2D eigenvalue weighted by atomic mass is 35.5. The summed E-state index contributed by atoms with van der Waals surface area (Å²) in [7, 11) is 3.06. The summed E-state index contributed by atoms with van der Waals surface area (Å²) in [5.74, 6) is -0.834. The van der Waals surface area contributed by atoms with E-state index in [0.29, 0.717) is 35.1 Å². The number of pyridine rings is 1. The zero-order valence-electron chi connectivity index (χ0n) is 29.4. The Morgan fingerprint density at radius 1 is 0.808 bits per heavy atom. The van der Waals surface area contributed by atoms with Crippen LogP contribution in [0.15, 0.2) is 89.9 Å². The van der Waals surface area contributed by atoms with Gasteiger partial charge in [0, 0.05) is 79.3 Å². The summed E-state index contributed by atoms with van der Waals surface area (Å²) in [5.41, 5.74) is 2.68. The molecule has 8 rings (SSSR count). The lowest BCUT2D eigenvalue weighted by molar-refractivity contribution is -0.953. The average molecular weight is 731 g/mol. The number of ether oxygens (including phenoxy) is 3. The number of aromatic nitrogens is 1. The first-order chi connectivity index (χ1) is 24.7. The number of anilines is 1. The Bertz CT molecular complexity index is 2100. The topological polar surface area (TPSA) is 73.2 Å². The number of nitrogens with zero attached hydrogens (tertiary/aromatic N) is 4. The number of rotatable bonds is 11. The van der Waals surface area contributed by atoms with Crippen molar-refractivity contribution in [2.24, 2.45) is 0 Å². The molecule has 9 nitrogen and oxygen atoms in total. The Hall–Kier alpha value is -4.97. The third-order valence-corrected chi connectivity index (χ3v) is 10.2. The molecule has 3 aliphatic heterocycles. The van der Waals surface area contributed by atoms with Crippen molar-refractivity contribution in [2.45, 2.75) is 20.1 Å². The number of quaternary nitrogens is 1. The van der Waals surface area contributed by atoms with Gasteiger partial charge in [0.25, 0.3) is 5.91 Å². The number of hydrogen-bond acceptors (Lipinski definition) is 6. The van der Waals surface area contributed by atoms with Crippen molar-refractivity contribution in [1.82, 2.24) is 9.47 Å². The molecule has 0 radical (unpaired) electrons. The molecule has 4 aromatic carbocycles. The summed E-state index contributed by atoms with van der Waals surface area (Å²) in [4.78, 5) is 31.7. The first-order valence-electron chi connectivity index (χ1n) is 17.2. The molecule has 52 heavy (non-hydrogen) atoms. The van der Waals surface area contributed by atoms with Crippen LogP contribution in [-0.2, 0) is 13.2 Å². The Labute approximate surface area is 307 Å². The van der Waals surface area contributed by atoms with Gasteiger partial charge in [-0.2, -0.15) is 0 Å². The lowest BCUT2D eigenvalue weighted by Gasteiger charge is -2.50. The molecular formula is C40H41ClF2N4O5. The third kappa shape index (κ3) is 7.48. The van der Waals surface area contributed by atoms with Crippen molar-refractivity contribution in [3.8, 4) is 22.9 Å². The van der Waals surface area contributed by atoms with E-state index in [9.17, 15) is 18.4 Å². The van der Waals surface area contributed by atoms with Crippen molar-refractivity contribution in [2.75, 3.05) is 64.9 Å². The van der Waals surface area contributed by atoms with Crippen LogP contribution in [0.5, 0.6) is 17.2 Å². The molecule has 272 valence electrons. The van der Waals surface area contributed by atoms with Gasteiger partial charge in [0.1, 0.15) is 47.6 Å². The van der Waals surface area contributed by atoms with Gasteiger partial charge in [-0.1, -0.05) is 24.3 Å². The number of fused-ring (bicyclic) bond motifs is 4. The molecule has 3 fully saturated rings. The maximum Gasteiger partial charge on any atom is 0.263 e. The molecule has 5 aromatic rings. The van der Waals surface area contributed by atoms with E-state index in [1.54, 1.807) is 47.9 Å². The van der Waals surface area contributed by atoms with Crippen molar-refractivity contribution in [3.05, 3.63) is 124 Å². The van der Waals surface area contributed by atoms with Crippen LogP contribution in [0.25, 0.3) is 16.6 Å². The molecule has 0 saturated carbocycles. The molecule has 3 saturated heterocycles. The highest BCUT2D eigenvalue weighted by Gasteiger charge is 2.38. The standard InChI is InChI=1S/C40H41F2N4O5.ClH/c1-4-44(31-18-29(41)17-30(42)19-31)40(48)37-24-45(32-20-34(49-2)22-35(21-32)50-3)38-23-33(9-10-36(38)39(37)47)51-26-28-7-5-27(6-8-28)25-46-14-11-43(12-15-46)13-16-46;/h5-10,17-24H,4,11-16,25-26H2,1-3H3;1H/q+1;/p-1. The SMILES string of the molecule is CCN(C(=O)c1cn(-c2cc(OC)cc(OC)c2)c2cc(OCc3ccc(C[N+]45CCN(CC4)CC5)cc3)ccc2c1=O)c1cc(F)cc(F)c1.[Cl-]. The molecule has 1 aromatic heterocycles. The van der Waals surface area contributed by atoms with Crippen molar-refractivity contribution in [1.29, 1.82) is 0 Å². The number of carbonyl (C=O) groups excluding carboxylic acids is 1. The largest absolute Gasteiger partial charge is 1.00 e. The number of hydrogen-bond donors (Lipinski definition) is 0. The van der Waals surface area contributed by atoms with E-state index >= 15 is 0 Å². The lowest BCUT2D eigenvalue weighted by Crippen LogP contribution is -3.00. The van der Waals surface area contributed by atoms with E-state index < -0.39 is 23.0 Å². The van der Waals surface area contributed by atoms with Gasteiger partial charge >= 0.3 is 0 Å². The van der Waals surface area contributed by atoms with Crippen molar-refractivity contribution in [3.63, 3.8) is 0 Å². The summed E-state index contributed by atoms with van der Waals surface area (Å²) >= 11 is 0. The lowest BCUT2D eigenvalue weighted by atomic mass is 10.1. The number of methoxy groups -OCH3 is 2. The molecule has 0 unspecified atom stereocenters. The monoisotopic (exact) mass is 730 g/mol. The number of benzene rings is 4. The molecule has 3 aliphatic rings. The van der Waals surface area contributed by atoms with E-state index in [1.165, 1.54) is 70.1 Å². The van der Waals surface area contributed by atoms with Crippen LogP contribution >= 0.6 is 0 Å². The van der Waals surface area contributed by atoms with Gasteiger partial charge in [-0.15, -0.1) is 0 Å². The maximum absolute atomic E-state index is 14.2. The summed E-state index contributed by atoms with van der Waals surface area (Å²) < 4.78 is 48.5. The predicted molar refractivity (Wildman–Crippen MR) is 192 cm³/mol.